The van der Waals surface area contributed by atoms with E-state index in [9.17, 15) is 0 Å². The molecule has 13 heavy (non-hydrogen) atoms. The zero-order valence-electron chi connectivity index (χ0n) is 7.23. The maximum absolute atomic E-state index is 5.71. The predicted octanol–water partition coefficient (Wildman–Crippen LogP) is 0.0529. The monoisotopic (exact) mass is 178 g/mol. The third-order valence-corrected chi connectivity index (χ3v) is 1.82. The highest BCUT2D eigenvalue weighted by molar-refractivity contribution is 5.82. The second-order valence-electron chi connectivity index (χ2n) is 2.58. The maximum Gasteiger partial charge on any atom is 0.182 e. The van der Waals surface area contributed by atoms with Crippen molar-refractivity contribution in [1.29, 1.82) is 0 Å². The van der Waals surface area contributed by atoms with Crippen molar-refractivity contribution in [3.05, 3.63) is 12.7 Å². The Hall–Kier alpha value is -1.69. The van der Waals surface area contributed by atoms with Gasteiger partial charge in [-0.15, -0.1) is 0 Å². The molecule has 0 aliphatic carbocycles. The molecular formula is C7H10N6. The highest BCUT2D eigenvalue weighted by Crippen LogP contribution is 2.16. The van der Waals surface area contributed by atoms with E-state index in [1.165, 1.54) is 6.33 Å². The van der Waals surface area contributed by atoms with Crippen LogP contribution in [-0.4, -0.2) is 26.5 Å². The Morgan fingerprint density at radius 1 is 1.46 bits per heavy atom. The zero-order chi connectivity index (χ0) is 9.26. The van der Waals surface area contributed by atoms with E-state index in [1.54, 1.807) is 11.3 Å². The molecule has 6 heteroatoms. The topological polar surface area (TPSA) is 83.7 Å². The van der Waals surface area contributed by atoms with Crippen molar-refractivity contribution >= 4 is 17.0 Å². The van der Waals surface area contributed by atoms with E-state index in [-0.39, 0.29) is 0 Å². The summed E-state index contributed by atoms with van der Waals surface area (Å²) in [5.74, 6) is 6.39. The normalized spacial score (nSPS) is 10.6. The minimum absolute atomic E-state index is 0.633. The Kier molecular flexibility index (Phi) is 1.82. The first-order chi connectivity index (χ1) is 6.33. The molecule has 0 saturated carbocycles. The lowest BCUT2D eigenvalue weighted by atomic mass is 10.5. The lowest BCUT2D eigenvalue weighted by Crippen LogP contribution is -2.31. The van der Waals surface area contributed by atoms with Crippen molar-refractivity contribution in [2.45, 2.75) is 6.92 Å². The van der Waals surface area contributed by atoms with Crippen LogP contribution < -0.4 is 10.9 Å². The van der Waals surface area contributed by atoms with E-state index in [1.807, 2.05) is 6.92 Å². The van der Waals surface area contributed by atoms with Gasteiger partial charge in [0.05, 0.1) is 6.33 Å². The molecule has 2 aromatic rings. The quantitative estimate of drug-likeness (QED) is 0.501. The van der Waals surface area contributed by atoms with Crippen LogP contribution in [0.3, 0.4) is 0 Å². The van der Waals surface area contributed by atoms with Crippen molar-refractivity contribution in [1.82, 2.24) is 19.9 Å². The molecule has 0 unspecified atom stereocenters. The number of H-pyrrole nitrogens is 1. The molecule has 0 fully saturated rings. The summed E-state index contributed by atoms with van der Waals surface area (Å²) in [6.45, 7) is 2.63. The minimum Gasteiger partial charge on any atom is -0.340 e. The number of rotatable bonds is 2. The largest absolute Gasteiger partial charge is 0.340 e. The zero-order valence-corrected chi connectivity index (χ0v) is 7.23. The molecule has 0 saturated heterocycles. The third kappa shape index (κ3) is 1.20. The van der Waals surface area contributed by atoms with Gasteiger partial charge in [-0.2, -0.15) is 0 Å². The van der Waals surface area contributed by atoms with Gasteiger partial charge in [-0.25, -0.2) is 20.8 Å². The summed E-state index contributed by atoms with van der Waals surface area (Å²) in [6, 6.07) is 0. The lowest BCUT2D eigenvalue weighted by molar-refractivity contribution is 0.869. The molecule has 3 N–H and O–H groups in total. The number of anilines is 1. The van der Waals surface area contributed by atoms with Crippen LogP contribution in [0, 0.1) is 0 Å². The van der Waals surface area contributed by atoms with Gasteiger partial charge in [-0.05, 0) is 6.92 Å². The molecule has 0 radical (unpaired) electrons. The molecule has 0 aliphatic rings. The summed E-state index contributed by atoms with van der Waals surface area (Å²) < 4.78 is 0. The number of fused-ring (bicyclic) bond motifs is 1. The van der Waals surface area contributed by atoms with Gasteiger partial charge in [-0.3, -0.25) is 5.01 Å². The molecule has 0 bridgehead atoms. The third-order valence-electron chi connectivity index (χ3n) is 1.82. The fourth-order valence-corrected chi connectivity index (χ4v) is 1.12. The predicted molar refractivity (Wildman–Crippen MR) is 48.9 cm³/mol. The molecular weight excluding hydrogens is 168 g/mol. The van der Waals surface area contributed by atoms with Gasteiger partial charge in [0.15, 0.2) is 11.5 Å². The number of nitrogens with one attached hydrogen (secondary N) is 1. The first-order valence-electron chi connectivity index (χ1n) is 3.99. The highest BCUT2D eigenvalue weighted by atomic mass is 15.4. The smallest absolute Gasteiger partial charge is 0.182 e. The summed E-state index contributed by atoms with van der Waals surface area (Å²) in [4.78, 5) is 15.0. The molecule has 0 amide bonds. The number of aromatic nitrogens is 4. The molecule has 2 aromatic heterocycles. The molecule has 6 nitrogen and oxygen atoms in total. The van der Waals surface area contributed by atoms with E-state index in [0.29, 0.717) is 18.0 Å². The number of nitrogens with two attached hydrogens (primary N) is 1. The summed E-state index contributed by atoms with van der Waals surface area (Å²) in [5.41, 5.74) is 1.40. The van der Waals surface area contributed by atoms with Gasteiger partial charge in [-0.1, -0.05) is 0 Å². The van der Waals surface area contributed by atoms with Crippen LogP contribution in [0.15, 0.2) is 12.7 Å². The van der Waals surface area contributed by atoms with Crippen LogP contribution in [0.2, 0.25) is 0 Å². The summed E-state index contributed by atoms with van der Waals surface area (Å²) >= 11 is 0. The molecule has 0 aromatic carbocycles. The summed E-state index contributed by atoms with van der Waals surface area (Å²) in [7, 11) is 0. The number of hydrogen-bond donors (Lipinski definition) is 2. The molecule has 0 atom stereocenters. The Bertz CT molecular complexity index is 408. The Morgan fingerprint density at radius 3 is 3.08 bits per heavy atom. The van der Waals surface area contributed by atoms with E-state index >= 15 is 0 Å². The Labute approximate surface area is 74.8 Å². The summed E-state index contributed by atoms with van der Waals surface area (Å²) in [6.07, 6.45) is 3.03. The fourth-order valence-electron chi connectivity index (χ4n) is 1.12. The number of aromatic amines is 1. The van der Waals surface area contributed by atoms with Gasteiger partial charge >= 0.3 is 0 Å². The van der Waals surface area contributed by atoms with Crippen LogP contribution in [0.5, 0.6) is 0 Å². The fraction of sp³-hybridized carbons (Fsp3) is 0.286. The minimum atomic E-state index is 0.633. The van der Waals surface area contributed by atoms with Crippen molar-refractivity contribution in [3.63, 3.8) is 0 Å². The van der Waals surface area contributed by atoms with Gasteiger partial charge in [0, 0.05) is 6.54 Å². The van der Waals surface area contributed by atoms with E-state index in [4.69, 9.17) is 5.84 Å². The van der Waals surface area contributed by atoms with Gasteiger partial charge in [0.2, 0.25) is 0 Å². The van der Waals surface area contributed by atoms with E-state index in [2.05, 4.69) is 19.9 Å². The van der Waals surface area contributed by atoms with Crippen LogP contribution in [0.1, 0.15) is 6.92 Å². The first kappa shape index (κ1) is 7.93. The van der Waals surface area contributed by atoms with Crippen molar-refractivity contribution in [2.24, 2.45) is 5.84 Å². The number of imidazole rings is 1. The van der Waals surface area contributed by atoms with Crippen LogP contribution in [0.4, 0.5) is 5.82 Å². The first-order valence-corrected chi connectivity index (χ1v) is 3.99. The summed E-state index contributed by atoms with van der Waals surface area (Å²) in [5, 5.41) is 1.54. The number of hydrogen-bond acceptors (Lipinski definition) is 5. The van der Waals surface area contributed by atoms with Gasteiger partial charge in [0.1, 0.15) is 11.8 Å². The molecule has 68 valence electrons. The van der Waals surface area contributed by atoms with E-state index in [0.717, 1.165) is 5.52 Å². The second-order valence-corrected chi connectivity index (χ2v) is 2.58. The van der Waals surface area contributed by atoms with E-state index < -0.39 is 0 Å². The Morgan fingerprint density at radius 2 is 2.31 bits per heavy atom. The SMILES string of the molecule is CCN(N)c1ncnc2nc[nH]c12. The average molecular weight is 178 g/mol. The number of hydrazine groups is 1. The van der Waals surface area contributed by atoms with Crippen molar-refractivity contribution < 1.29 is 0 Å². The second kappa shape index (κ2) is 2.98. The molecule has 0 aliphatic heterocycles. The van der Waals surface area contributed by atoms with Gasteiger partial charge < -0.3 is 4.98 Å². The Balaban J connectivity index is 2.60. The van der Waals surface area contributed by atoms with Crippen molar-refractivity contribution in [2.75, 3.05) is 11.6 Å². The number of nitrogens with zero attached hydrogens (tertiary/aromatic N) is 4. The standard InChI is InChI=1S/C7H10N6/c1-2-13(8)7-5-6(10-3-9-5)11-4-12-7/h3-4H,2,8H2,1H3,(H,9,10,11,12). The maximum atomic E-state index is 5.71. The lowest BCUT2D eigenvalue weighted by Gasteiger charge is -2.14. The molecule has 2 heterocycles. The molecule has 2 rings (SSSR count). The highest BCUT2D eigenvalue weighted by Gasteiger charge is 2.08. The van der Waals surface area contributed by atoms with Crippen LogP contribution >= 0.6 is 0 Å². The van der Waals surface area contributed by atoms with Crippen LogP contribution in [-0.2, 0) is 0 Å². The van der Waals surface area contributed by atoms with Crippen LogP contribution in [0.25, 0.3) is 11.2 Å². The average Bonchev–Trinajstić information content (AvgIpc) is 2.63. The molecule has 0 spiro atoms. The van der Waals surface area contributed by atoms with Gasteiger partial charge in [0.25, 0.3) is 0 Å². The van der Waals surface area contributed by atoms with Crippen molar-refractivity contribution in [3.8, 4) is 0 Å².